The largest absolute Gasteiger partial charge is 0.479 e. The average Bonchev–Trinajstić information content (AvgIpc) is 3.04. The zero-order chi connectivity index (χ0) is 16.8. The van der Waals surface area contributed by atoms with E-state index in [1.54, 1.807) is 6.08 Å². The number of amides is 1. The van der Waals surface area contributed by atoms with Gasteiger partial charge in [0, 0.05) is 12.5 Å². The van der Waals surface area contributed by atoms with Gasteiger partial charge in [0.25, 0.3) is 0 Å². The summed E-state index contributed by atoms with van der Waals surface area (Å²) >= 11 is 0. The Kier molecular flexibility index (Phi) is 6.39. The third-order valence-corrected chi connectivity index (χ3v) is 3.80. The highest BCUT2D eigenvalue weighted by atomic mass is 16.4. The van der Waals surface area contributed by atoms with Gasteiger partial charge in [0.1, 0.15) is 6.04 Å². The molecule has 1 rings (SSSR count). The van der Waals surface area contributed by atoms with E-state index in [-0.39, 0.29) is 23.2 Å². The number of unbranched alkanes of at least 4 members (excludes halogenated alkanes) is 2. The molecule has 0 aromatic heterocycles. The van der Waals surface area contributed by atoms with E-state index >= 15 is 0 Å². The average molecular weight is 310 g/mol. The van der Waals surface area contributed by atoms with Gasteiger partial charge in [0.2, 0.25) is 5.91 Å². The van der Waals surface area contributed by atoms with E-state index in [1.807, 2.05) is 13.8 Å². The summed E-state index contributed by atoms with van der Waals surface area (Å²) in [6, 6.07) is -0.971. The van der Waals surface area contributed by atoms with Crippen LogP contribution >= 0.6 is 0 Å². The topological polar surface area (TPSA) is 131 Å². The second-order valence-corrected chi connectivity index (χ2v) is 6.30. The van der Waals surface area contributed by atoms with Gasteiger partial charge in [-0.3, -0.25) is 9.79 Å². The van der Waals surface area contributed by atoms with Gasteiger partial charge in [-0.25, -0.2) is 4.79 Å². The number of carbonyl (C=O) groups excluding carboxylic acids is 1. The Morgan fingerprint density at radius 2 is 2.05 bits per heavy atom. The van der Waals surface area contributed by atoms with Crippen LogP contribution in [0.15, 0.2) is 17.1 Å². The monoisotopic (exact) mass is 310 g/mol. The third kappa shape index (κ3) is 6.15. The van der Waals surface area contributed by atoms with Gasteiger partial charge in [-0.15, -0.1) is 0 Å². The molecule has 1 saturated carbocycles. The Morgan fingerprint density at radius 1 is 1.41 bits per heavy atom. The van der Waals surface area contributed by atoms with Crippen molar-refractivity contribution in [1.29, 1.82) is 0 Å². The van der Waals surface area contributed by atoms with Gasteiger partial charge in [-0.1, -0.05) is 26.0 Å². The lowest BCUT2D eigenvalue weighted by Crippen LogP contribution is -2.40. The van der Waals surface area contributed by atoms with Crippen molar-refractivity contribution in [3.8, 4) is 0 Å². The van der Waals surface area contributed by atoms with E-state index in [1.165, 1.54) is 6.08 Å². The summed E-state index contributed by atoms with van der Waals surface area (Å²) in [7, 11) is 0. The Bertz CT molecular complexity index is 467. The summed E-state index contributed by atoms with van der Waals surface area (Å²) in [6.07, 6.45) is 6.49. The first-order valence-corrected chi connectivity index (χ1v) is 7.49. The summed E-state index contributed by atoms with van der Waals surface area (Å²) in [5.74, 6) is -1.24. The first-order valence-electron chi connectivity index (χ1n) is 7.49. The lowest BCUT2D eigenvalue weighted by atomic mass is 10.1. The summed E-state index contributed by atoms with van der Waals surface area (Å²) in [5, 5.41) is 11.7. The van der Waals surface area contributed by atoms with Crippen LogP contribution in [0.1, 0.15) is 39.5 Å². The second-order valence-electron chi connectivity index (χ2n) is 6.30. The van der Waals surface area contributed by atoms with Gasteiger partial charge in [0.15, 0.2) is 5.96 Å². The van der Waals surface area contributed by atoms with Crippen LogP contribution in [0.3, 0.4) is 0 Å². The fourth-order valence-corrected chi connectivity index (χ4v) is 2.18. The standard InChI is InChI=1S/C15H26N4O3/c1-15(2)9-10(15)12(20)19-11(13(21)22)7-5-3-4-6-8-18-14(16)17/h5,7,10-11H,3-4,6,8-9H2,1-2H3,(H,19,20)(H,21,22)(H4,16,17,18)/b7-5-. The van der Waals surface area contributed by atoms with E-state index < -0.39 is 12.0 Å². The SMILES string of the molecule is CC1(C)CC1C(=O)NC(/C=C\CCCCN=C(N)N)C(=O)O. The minimum absolute atomic E-state index is 0.0117. The first kappa shape index (κ1) is 18.0. The molecule has 0 aliphatic heterocycles. The van der Waals surface area contributed by atoms with Crippen molar-refractivity contribution in [1.82, 2.24) is 5.32 Å². The first-order chi connectivity index (χ1) is 10.2. The summed E-state index contributed by atoms with van der Waals surface area (Å²) in [4.78, 5) is 27.0. The Hall–Kier alpha value is -2.05. The number of nitrogens with zero attached hydrogens (tertiary/aromatic N) is 1. The van der Waals surface area contributed by atoms with Crippen molar-refractivity contribution in [2.75, 3.05) is 6.54 Å². The number of nitrogens with two attached hydrogens (primary N) is 2. The summed E-state index contributed by atoms with van der Waals surface area (Å²) < 4.78 is 0. The maximum absolute atomic E-state index is 11.9. The molecule has 0 aromatic rings. The van der Waals surface area contributed by atoms with Gasteiger partial charge >= 0.3 is 5.97 Å². The highest BCUT2D eigenvalue weighted by Crippen LogP contribution is 2.51. The maximum atomic E-state index is 11.9. The number of aliphatic carboxylic acids is 1. The van der Waals surface area contributed by atoms with Crippen molar-refractivity contribution in [2.24, 2.45) is 27.8 Å². The molecule has 22 heavy (non-hydrogen) atoms. The van der Waals surface area contributed by atoms with Crippen LogP contribution in [0.2, 0.25) is 0 Å². The zero-order valence-corrected chi connectivity index (χ0v) is 13.2. The minimum atomic E-state index is -1.05. The fourth-order valence-electron chi connectivity index (χ4n) is 2.18. The molecular weight excluding hydrogens is 284 g/mol. The molecule has 0 spiro atoms. The number of carboxylic acids is 1. The molecule has 0 heterocycles. The van der Waals surface area contributed by atoms with Crippen LogP contribution in [0.4, 0.5) is 0 Å². The number of aliphatic imine (C=N–C) groups is 1. The van der Waals surface area contributed by atoms with Crippen molar-refractivity contribution >= 4 is 17.8 Å². The second kappa shape index (κ2) is 7.82. The van der Waals surface area contributed by atoms with E-state index in [0.29, 0.717) is 13.0 Å². The van der Waals surface area contributed by atoms with Crippen LogP contribution in [-0.2, 0) is 9.59 Å². The molecule has 2 atom stereocenters. The highest BCUT2D eigenvalue weighted by molar-refractivity contribution is 5.88. The molecule has 7 heteroatoms. The number of nitrogens with one attached hydrogen (secondary N) is 1. The summed E-state index contributed by atoms with van der Waals surface area (Å²) in [5.41, 5.74) is 10.4. The smallest absolute Gasteiger partial charge is 0.330 e. The minimum Gasteiger partial charge on any atom is -0.479 e. The maximum Gasteiger partial charge on any atom is 0.330 e. The molecule has 124 valence electrons. The number of rotatable bonds is 9. The van der Waals surface area contributed by atoms with Gasteiger partial charge in [-0.05, 0) is 31.1 Å². The number of carboxylic acid groups (broad SMARTS) is 1. The van der Waals surface area contributed by atoms with Crippen molar-refractivity contribution in [3.63, 3.8) is 0 Å². The molecule has 0 saturated heterocycles. The Balaban J connectivity index is 2.32. The highest BCUT2D eigenvalue weighted by Gasteiger charge is 2.50. The third-order valence-electron chi connectivity index (χ3n) is 3.80. The number of hydrogen-bond acceptors (Lipinski definition) is 3. The predicted octanol–water partition coefficient (Wildman–Crippen LogP) is 0.602. The molecule has 6 N–H and O–H groups in total. The van der Waals surface area contributed by atoms with Crippen molar-refractivity contribution < 1.29 is 14.7 Å². The Labute approximate surface area is 130 Å². The molecule has 0 aromatic carbocycles. The molecule has 1 amide bonds. The van der Waals surface area contributed by atoms with Crippen LogP contribution in [0.25, 0.3) is 0 Å². The normalized spacial score (nSPS) is 20.4. The molecule has 1 aliphatic rings. The molecule has 1 aliphatic carbocycles. The fraction of sp³-hybridized carbons (Fsp3) is 0.667. The number of allylic oxidation sites excluding steroid dienone is 1. The van der Waals surface area contributed by atoms with Crippen LogP contribution in [0, 0.1) is 11.3 Å². The molecular formula is C15H26N4O3. The Morgan fingerprint density at radius 3 is 2.55 bits per heavy atom. The lowest BCUT2D eigenvalue weighted by Gasteiger charge is -2.11. The van der Waals surface area contributed by atoms with Crippen LogP contribution in [0.5, 0.6) is 0 Å². The number of guanidine groups is 1. The molecule has 7 nitrogen and oxygen atoms in total. The lowest BCUT2D eigenvalue weighted by molar-refractivity contribution is -0.140. The molecule has 0 bridgehead atoms. The van der Waals surface area contributed by atoms with E-state index in [0.717, 1.165) is 19.3 Å². The van der Waals surface area contributed by atoms with Gasteiger partial charge in [0.05, 0.1) is 0 Å². The summed E-state index contributed by atoms with van der Waals surface area (Å²) in [6.45, 7) is 4.56. The van der Waals surface area contributed by atoms with Gasteiger partial charge in [-0.2, -0.15) is 0 Å². The van der Waals surface area contributed by atoms with Crippen LogP contribution < -0.4 is 16.8 Å². The van der Waals surface area contributed by atoms with Crippen LogP contribution in [-0.4, -0.2) is 35.5 Å². The molecule has 2 unspecified atom stereocenters. The van der Waals surface area contributed by atoms with Gasteiger partial charge < -0.3 is 21.9 Å². The quantitative estimate of drug-likeness (QED) is 0.214. The molecule has 0 radical (unpaired) electrons. The number of hydrogen-bond donors (Lipinski definition) is 4. The van der Waals surface area contributed by atoms with E-state index in [4.69, 9.17) is 16.6 Å². The van der Waals surface area contributed by atoms with E-state index in [2.05, 4.69) is 10.3 Å². The predicted molar refractivity (Wildman–Crippen MR) is 85.1 cm³/mol. The van der Waals surface area contributed by atoms with Crippen molar-refractivity contribution in [3.05, 3.63) is 12.2 Å². The molecule has 1 fully saturated rings. The number of carbonyl (C=O) groups is 2. The zero-order valence-electron chi connectivity index (χ0n) is 13.2. The van der Waals surface area contributed by atoms with E-state index in [9.17, 15) is 9.59 Å². The van der Waals surface area contributed by atoms with Crippen molar-refractivity contribution in [2.45, 2.75) is 45.6 Å².